The van der Waals surface area contributed by atoms with Gasteiger partial charge in [-0.3, -0.25) is 15.1 Å². The number of nitrogens with zero attached hydrogens (tertiary/aromatic N) is 4. The summed E-state index contributed by atoms with van der Waals surface area (Å²) >= 11 is 0. The fourth-order valence-corrected chi connectivity index (χ4v) is 6.54. The first kappa shape index (κ1) is 27.1. The van der Waals surface area contributed by atoms with Crippen LogP contribution >= 0.6 is 0 Å². The van der Waals surface area contributed by atoms with Crippen LogP contribution in [0, 0.1) is 5.92 Å². The number of hydrazine groups is 1. The zero-order chi connectivity index (χ0) is 27.6. The average Bonchev–Trinajstić information content (AvgIpc) is 3.16. The maximum Gasteiger partial charge on any atom is 0.356 e. The molecule has 3 amide bonds. The van der Waals surface area contributed by atoms with E-state index in [1.165, 1.54) is 24.1 Å². The lowest BCUT2D eigenvalue weighted by Gasteiger charge is -2.51. The van der Waals surface area contributed by atoms with E-state index >= 15 is 0 Å². The van der Waals surface area contributed by atoms with Gasteiger partial charge < -0.3 is 9.64 Å². The summed E-state index contributed by atoms with van der Waals surface area (Å²) in [6.45, 7) is 1.21. The summed E-state index contributed by atoms with van der Waals surface area (Å²) < 4.78 is 4.73. The van der Waals surface area contributed by atoms with E-state index in [1.807, 2.05) is 0 Å². The van der Waals surface area contributed by atoms with E-state index in [2.05, 4.69) is 64.6 Å². The van der Waals surface area contributed by atoms with Crippen LogP contribution in [0.5, 0.6) is 0 Å². The summed E-state index contributed by atoms with van der Waals surface area (Å²) in [6, 6.07) is 15.4. The summed E-state index contributed by atoms with van der Waals surface area (Å²) in [7, 11) is 5.58. The van der Waals surface area contributed by atoms with Gasteiger partial charge in [-0.05, 0) is 76.2 Å². The molecule has 1 aliphatic heterocycles. The summed E-state index contributed by atoms with van der Waals surface area (Å²) in [5.74, 6) is -0.357. The number of carbonyl (C=O) groups is 3. The minimum Gasteiger partial charge on any atom is -0.464 e. The monoisotopic (exact) mass is 533 g/mol. The van der Waals surface area contributed by atoms with Gasteiger partial charge in [-0.1, -0.05) is 42.8 Å². The van der Waals surface area contributed by atoms with Crippen molar-refractivity contribution in [2.75, 3.05) is 34.3 Å². The van der Waals surface area contributed by atoms with Crippen molar-refractivity contribution in [1.29, 1.82) is 0 Å². The Morgan fingerprint density at radius 2 is 1.77 bits per heavy atom. The summed E-state index contributed by atoms with van der Waals surface area (Å²) in [5.41, 5.74) is 4.38. The van der Waals surface area contributed by atoms with Crippen LogP contribution in [0.15, 0.2) is 48.5 Å². The van der Waals surface area contributed by atoms with Gasteiger partial charge in [0.05, 0.1) is 31.3 Å². The molecule has 0 unspecified atom stereocenters. The Balaban J connectivity index is 1.32. The molecule has 2 heterocycles. The molecule has 2 aromatic rings. The smallest absolute Gasteiger partial charge is 0.356 e. The Morgan fingerprint density at radius 3 is 2.38 bits per heavy atom. The van der Waals surface area contributed by atoms with Crippen molar-refractivity contribution >= 4 is 17.9 Å². The van der Waals surface area contributed by atoms with Crippen LogP contribution < -0.4 is 5.43 Å². The van der Waals surface area contributed by atoms with Crippen molar-refractivity contribution in [3.05, 3.63) is 65.5 Å². The number of urea groups is 1. The number of nitrogens with one attached hydrogen (secondary N) is 1. The molecule has 2 aliphatic carbocycles. The van der Waals surface area contributed by atoms with E-state index in [0.29, 0.717) is 18.2 Å². The lowest BCUT2D eigenvalue weighted by atomic mass is 9.68. The van der Waals surface area contributed by atoms with Crippen LogP contribution in [-0.2, 0) is 21.5 Å². The third-order valence-electron chi connectivity index (χ3n) is 9.13. The summed E-state index contributed by atoms with van der Waals surface area (Å²) in [4.78, 5) is 47.2. The van der Waals surface area contributed by atoms with Gasteiger partial charge >= 0.3 is 12.0 Å². The minimum atomic E-state index is -0.554. The molecule has 0 bridgehead atoms. The van der Waals surface area contributed by atoms with Gasteiger partial charge in [0.1, 0.15) is 5.69 Å². The van der Waals surface area contributed by atoms with Gasteiger partial charge in [0, 0.05) is 12.1 Å². The highest BCUT2D eigenvalue weighted by atomic mass is 16.5. The molecule has 208 valence electrons. The van der Waals surface area contributed by atoms with E-state index in [4.69, 9.17) is 4.74 Å². The largest absolute Gasteiger partial charge is 0.464 e. The third kappa shape index (κ3) is 5.24. The highest BCUT2D eigenvalue weighted by Crippen LogP contribution is 2.49. The molecule has 1 saturated heterocycles. The van der Waals surface area contributed by atoms with E-state index < -0.39 is 5.97 Å². The maximum atomic E-state index is 13.7. The zero-order valence-corrected chi connectivity index (χ0v) is 23.2. The van der Waals surface area contributed by atoms with E-state index in [-0.39, 0.29) is 35.1 Å². The van der Waals surface area contributed by atoms with Gasteiger partial charge in [-0.2, -0.15) is 0 Å². The molecule has 1 N–H and O–H groups in total. The lowest BCUT2D eigenvalue weighted by Crippen LogP contribution is -2.56. The van der Waals surface area contributed by atoms with Crippen molar-refractivity contribution < 1.29 is 19.1 Å². The number of carbonyl (C=O) groups excluding carboxylic acids is 3. The minimum absolute atomic E-state index is 0.0397. The fraction of sp³-hybridized carbons (Fsp3) is 0.533. The van der Waals surface area contributed by atoms with Gasteiger partial charge in [0.15, 0.2) is 0 Å². The number of methoxy groups -OCH3 is 1. The Morgan fingerprint density at radius 1 is 1.05 bits per heavy atom. The predicted octanol–water partition coefficient (Wildman–Crippen LogP) is 3.75. The molecule has 9 nitrogen and oxygen atoms in total. The number of ether oxygens (including phenoxy) is 1. The van der Waals surface area contributed by atoms with Gasteiger partial charge in [0.25, 0.3) is 0 Å². The highest BCUT2D eigenvalue weighted by Gasteiger charge is 2.55. The van der Waals surface area contributed by atoms with Crippen molar-refractivity contribution in [1.82, 2.24) is 25.2 Å². The number of amides is 3. The first-order chi connectivity index (χ1) is 18.8. The molecule has 1 spiro atoms. The molecule has 1 aromatic heterocycles. The second kappa shape index (κ2) is 11.0. The molecule has 9 heteroatoms. The van der Waals surface area contributed by atoms with Crippen LogP contribution in [0.4, 0.5) is 4.79 Å². The quantitative estimate of drug-likeness (QED) is 0.520. The van der Waals surface area contributed by atoms with Crippen molar-refractivity contribution in [2.24, 2.45) is 5.92 Å². The van der Waals surface area contributed by atoms with Crippen molar-refractivity contribution in [3.63, 3.8) is 0 Å². The standard InChI is InChI=1S/C30H39N5O4/c1-33(2)30(23-11-5-4-6-12-23)17-15-29(16-18-30)21-35(28(38)34(29)20-22-9-7-10-22)32-26(36)19-24-13-8-14-25(31-24)27(37)39-3/h4-6,8,11-14,22H,7,9-10,15-21H2,1-3H3,(H,32,36)/t29-,30+. The molecular formula is C30H39N5O4. The molecular weight excluding hydrogens is 494 g/mol. The van der Waals surface area contributed by atoms with Crippen LogP contribution in [0.2, 0.25) is 0 Å². The number of hydrogen-bond donors (Lipinski definition) is 1. The molecule has 0 atom stereocenters. The predicted molar refractivity (Wildman–Crippen MR) is 147 cm³/mol. The van der Waals surface area contributed by atoms with Crippen LogP contribution in [0.25, 0.3) is 0 Å². The molecule has 0 radical (unpaired) electrons. The Bertz CT molecular complexity index is 1200. The number of benzene rings is 1. The van der Waals surface area contributed by atoms with Crippen molar-refractivity contribution in [2.45, 2.75) is 62.4 Å². The number of esters is 1. The average molecular weight is 534 g/mol. The van der Waals surface area contributed by atoms with Gasteiger partial charge in [0.2, 0.25) is 5.91 Å². The van der Waals surface area contributed by atoms with Crippen LogP contribution in [-0.4, -0.2) is 77.5 Å². The fourth-order valence-electron chi connectivity index (χ4n) is 6.54. The SMILES string of the molecule is COC(=O)c1cccc(CC(=O)NN2C[C@]3(CC[C@](c4ccccc4)(N(C)C)CC3)N(CC3CCC3)C2=O)n1. The summed E-state index contributed by atoms with van der Waals surface area (Å²) in [5, 5.41) is 1.51. The molecule has 3 aliphatic rings. The topological polar surface area (TPSA) is 95.1 Å². The van der Waals surface area contributed by atoms with E-state index in [0.717, 1.165) is 45.1 Å². The van der Waals surface area contributed by atoms with Crippen LogP contribution in [0.3, 0.4) is 0 Å². The molecule has 5 rings (SSSR count). The second-order valence-electron chi connectivity index (χ2n) is 11.5. The van der Waals surface area contributed by atoms with Gasteiger partial charge in [-0.25, -0.2) is 19.6 Å². The molecule has 39 heavy (non-hydrogen) atoms. The van der Waals surface area contributed by atoms with Crippen molar-refractivity contribution in [3.8, 4) is 0 Å². The first-order valence-corrected chi connectivity index (χ1v) is 13.9. The van der Waals surface area contributed by atoms with E-state index in [9.17, 15) is 14.4 Å². The Labute approximate surface area is 230 Å². The number of aromatic nitrogens is 1. The maximum absolute atomic E-state index is 13.7. The van der Waals surface area contributed by atoms with Gasteiger partial charge in [-0.15, -0.1) is 0 Å². The molecule has 1 aromatic carbocycles. The number of rotatable bonds is 8. The Kier molecular flexibility index (Phi) is 7.62. The lowest BCUT2D eigenvalue weighted by molar-refractivity contribution is -0.124. The van der Waals surface area contributed by atoms with Crippen LogP contribution in [0.1, 0.15) is 66.7 Å². The highest BCUT2D eigenvalue weighted by molar-refractivity contribution is 5.87. The zero-order valence-electron chi connectivity index (χ0n) is 23.2. The molecule has 3 fully saturated rings. The Hall–Kier alpha value is -3.46. The summed E-state index contributed by atoms with van der Waals surface area (Å²) in [6.07, 6.45) is 7.09. The van der Waals surface area contributed by atoms with E-state index in [1.54, 1.807) is 18.2 Å². The molecule has 2 saturated carbocycles. The first-order valence-electron chi connectivity index (χ1n) is 13.9. The third-order valence-corrected chi connectivity index (χ3v) is 9.13. The number of hydrogen-bond acceptors (Lipinski definition) is 6. The normalized spacial score (nSPS) is 25.2. The number of pyridine rings is 1. The second-order valence-corrected chi connectivity index (χ2v) is 11.5.